The van der Waals surface area contributed by atoms with Gasteiger partial charge in [-0.05, 0) is 68.4 Å². The number of rotatable bonds is 5. The van der Waals surface area contributed by atoms with Crippen LogP contribution in [-0.4, -0.2) is 28.1 Å². The number of thiazole rings is 1. The van der Waals surface area contributed by atoms with E-state index in [2.05, 4.69) is 22.5 Å². The van der Waals surface area contributed by atoms with Gasteiger partial charge in [0, 0.05) is 5.56 Å². The number of hydrogen-bond acceptors (Lipinski definition) is 6. The predicted octanol–water partition coefficient (Wildman–Crippen LogP) is 4.55. The molecule has 1 aromatic heterocycles. The molecule has 3 rings (SSSR count). The van der Waals surface area contributed by atoms with Crippen LogP contribution in [0.5, 0.6) is 0 Å². The van der Waals surface area contributed by atoms with Gasteiger partial charge in [0.25, 0.3) is 5.91 Å². The highest BCUT2D eigenvalue weighted by atomic mass is 32.1. The molecule has 0 radical (unpaired) electrons. The number of benzene rings is 2. The summed E-state index contributed by atoms with van der Waals surface area (Å²) < 4.78 is 6.03. The smallest absolute Gasteiger partial charge is 0.338 e. The molecule has 0 aliphatic rings. The van der Waals surface area contributed by atoms with Gasteiger partial charge in [-0.15, -0.1) is 0 Å². The molecule has 2 N–H and O–H groups in total. The molecule has 1 heterocycles. The molecule has 0 saturated carbocycles. The van der Waals surface area contributed by atoms with E-state index in [1.807, 2.05) is 12.1 Å². The van der Waals surface area contributed by atoms with E-state index in [4.69, 9.17) is 17.0 Å². The van der Waals surface area contributed by atoms with Crippen LogP contribution in [0.3, 0.4) is 0 Å². The Morgan fingerprint density at radius 3 is 2.48 bits per heavy atom. The number of carbonyl (C=O) groups excluding carboxylic acids is 2. The molecule has 0 spiro atoms. The van der Waals surface area contributed by atoms with Gasteiger partial charge in [0.2, 0.25) is 0 Å². The summed E-state index contributed by atoms with van der Waals surface area (Å²) in [6.45, 7) is 5.67. The monoisotopic (exact) mass is 427 g/mol. The fourth-order valence-electron chi connectivity index (χ4n) is 2.58. The third-order valence-electron chi connectivity index (χ3n) is 4.04. The lowest BCUT2D eigenvalue weighted by Crippen LogP contribution is -2.34. The molecular weight excluding hydrogens is 406 g/mol. The van der Waals surface area contributed by atoms with Crippen molar-refractivity contribution in [2.24, 2.45) is 0 Å². The quantitative estimate of drug-likeness (QED) is 0.459. The zero-order chi connectivity index (χ0) is 21.0. The SMILES string of the molecule is CCc1ccc(C(=O)NC(=S)Nc2nc3ccc(C(=O)OC(C)C)cc3s2)cc1. The van der Waals surface area contributed by atoms with Crippen LogP contribution >= 0.6 is 23.6 Å². The van der Waals surface area contributed by atoms with Crippen LogP contribution < -0.4 is 10.6 Å². The highest BCUT2D eigenvalue weighted by Crippen LogP contribution is 2.27. The summed E-state index contributed by atoms with van der Waals surface area (Å²) in [6.07, 6.45) is 0.729. The summed E-state index contributed by atoms with van der Waals surface area (Å²) in [5, 5.41) is 6.27. The maximum Gasteiger partial charge on any atom is 0.338 e. The van der Waals surface area contributed by atoms with Crippen molar-refractivity contribution in [2.45, 2.75) is 33.3 Å². The van der Waals surface area contributed by atoms with Crippen molar-refractivity contribution in [3.8, 4) is 0 Å². The van der Waals surface area contributed by atoms with E-state index >= 15 is 0 Å². The Kier molecular flexibility index (Phi) is 6.56. The third-order valence-corrected chi connectivity index (χ3v) is 5.18. The number of ether oxygens (including phenoxy) is 1. The molecule has 0 bridgehead atoms. The van der Waals surface area contributed by atoms with Crippen molar-refractivity contribution < 1.29 is 14.3 Å². The molecule has 2 aromatic carbocycles. The molecular formula is C21H21N3O3S2. The third kappa shape index (κ3) is 5.36. The van der Waals surface area contributed by atoms with E-state index in [0.717, 1.165) is 22.2 Å². The maximum absolute atomic E-state index is 12.3. The molecule has 3 aromatic rings. The van der Waals surface area contributed by atoms with Crippen LogP contribution in [-0.2, 0) is 11.2 Å². The number of anilines is 1. The van der Waals surface area contributed by atoms with Crippen molar-refractivity contribution in [2.75, 3.05) is 5.32 Å². The summed E-state index contributed by atoms with van der Waals surface area (Å²) >= 11 is 6.56. The number of aromatic nitrogens is 1. The molecule has 29 heavy (non-hydrogen) atoms. The molecule has 0 aliphatic carbocycles. The zero-order valence-electron chi connectivity index (χ0n) is 16.3. The molecule has 0 unspecified atom stereocenters. The number of nitrogens with one attached hydrogen (secondary N) is 2. The molecule has 0 atom stereocenters. The highest BCUT2D eigenvalue weighted by Gasteiger charge is 2.13. The average molecular weight is 428 g/mol. The Labute approximate surface area is 178 Å². The number of nitrogens with zero attached hydrogens (tertiary/aromatic N) is 1. The largest absolute Gasteiger partial charge is 0.459 e. The predicted molar refractivity (Wildman–Crippen MR) is 120 cm³/mol. The lowest BCUT2D eigenvalue weighted by molar-refractivity contribution is 0.0378. The van der Waals surface area contributed by atoms with Crippen molar-refractivity contribution in [3.63, 3.8) is 0 Å². The standard InChI is InChI=1S/C21H21N3O3S2/c1-4-13-5-7-14(8-6-13)18(25)23-20(28)24-21-22-16-10-9-15(11-17(16)29-21)19(26)27-12(2)3/h5-12H,4H2,1-3H3,(H2,22,23,24,25,28). The summed E-state index contributed by atoms with van der Waals surface area (Å²) in [7, 11) is 0. The van der Waals surface area contributed by atoms with E-state index in [1.165, 1.54) is 11.3 Å². The first-order valence-electron chi connectivity index (χ1n) is 9.18. The minimum atomic E-state index is -0.373. The van der Waals surface area contributed by atoms with Gasteiger partial charge in [-0.3, -0.25) is 10.1 Å². The first-order chi connectivity index (χ1) is 13.9. The molecule has 150 valence electrons. The van der Waals surface area contributed by atoms with Gasteiger partial charge in [-0.1, -0.05) is 30.4 Å². The average Bonchev–Trinajstić information content (AvgIpc) is 3.08. The summed E-state index contributed by atoms with van der Waals surface area (Å²) in [5.74, 6) is -0.660. The minimum Gasteiger partial charge on any atom is -0.459 e. The van der Waals surface area contributed by atoms with Crippen molar-refractivity contribution >= 4 is 55.9 Å². The molecule has 0 fully saturated rings. The van der Waals surface area contributed by atoms with Gasteiger partial charge >= 0.3 is 5.97 Å². The van der Waals surface area contributed by atoms with Crippen LogP contribution in [0.4, 0.5) is 5.13 Å². The molecule has 8 heteroatoms. The summed E-state index contributed by atoms with van der Waals surface area (Å²) in [4.78, 5) is 28.8. The number of amides is 1. The zero-order valence-corrected chi connectivity index (χ0v) is 17.9. The second-order valence-electron chi connectivity index (χ2n) is 6.61. The van der Waals surface area contributed by atoms with E-state index in [0.29, 0.717) is 16.3 Å². The van der Waals surface area contributed by atoms with E-state index < -0.39 is 0 Å². The highest BCUT2D eigenvalue weighted by molar-refractivity contribution is 7.80. The summed E-state index contributed by atoms with van der Waals surface area (Å²) in [5.41, 5.74) is 2.88. The fraction of sp³-hybridized carbons (Fsp3) is 0.238. The topological polar surface area (TPSA) is 80.3 Å². The van der Waals surface area contributed by atoms with Crippen LogP contribution in [0.2, 0.25) is 0 Å². The number of aryl methyl sites for hydroxylation is 1. The number of carbonyl (C=O) groups is 2. The molecule has 0 aliphatic heterocycles. The molecule has 0 saturated heterocycles. The summed E-state index contributed by atoms with van der Waals surface area (Å²) in [6, 6.07) is 12.5. The first-order valence-corrected chi connectivity index (χ1v) is 10.4. The Bertz CT molecular complexity index is 1060. The maximum atomic E-state index is 12.3. The Balaban J connectivity index is 1.66. The second kappa shape index (κ2) is 9.11. The number of fused-ring (bicyclic) bond motifs is 1. The van der Waals surface area contributed by atoms with Crippen LogP contribution in [0.1, 0.15) is 47.1 Å². The van der Waals surface area contributed by atoms with Gasteiger partial charge in [-0.25, -0.2) is 9.78 Å². The Hall–Kier alpha value is -2.84. The van der Waals surface area contributed by atoms with Gasteiger partial charge in [-0.2, -0.15) is 0 Å². The first kappa shape index (κ1) is 20.9. The van der Waals surface area contributed by atoms with Gasteiger partial charge in [0.05, 0.1) is 21.9 Å². The lowest BCUT2D eigenvalue weighted by atomic mass is 10.1. The Morgan fingerprint density at radius 2 is 1.83 bits per heavy atom. The normalized spacial score (nSPS) is 10.8. The van der Waals surface area contributed by atoms with Crippen molar-refractivity contribution in [3.05, 3.63) is 59.2 Å². The minimum absolute atomic E-state index is 0.160. The number of thiocarbonyl (C=S) groups is 1. The van der Waals surface area contributed by atoms with Crippen molar-refractivity contribution in [1.82, 2.24) is 10.3 Å². The van der Waals surface area contributed by atoms with E-state index in [-0.39, 0.29) is 23.1 Å². The number of hydrogen-bond donors (Lipinski definition) is 2. The van der Waals surface area contributed by atoms with E-state index in [9.17, 15) is 9.59 Å². The number of esters is 1. The fourth-order valence-corrected chi connectivity index (χ4v) is 3.75. The Morgan fingerprint density at radius 1 is 1.14 bits per heavy atom. The van der Waals surface area contributed by atoms with E-state index in [1.54, 1.807) is 44.2 Å². The lowest BCUT2D eigenvalue weighted by Gasteiger charge is -2.07. The van der Waals surface area contributed by atoms with Gasteiger partial charge in [0.15, 0.2) is 10.2 Å². The molecule has 6 nitrogen and oxygen atoms in total. The van der Waals surface area contributed by atoms with Gasteiger partial charge in [0.1, 0.15) is 0 Å². The van der Waals surface area contributed by atoms with Crippen LogP contribution in [0.15, 0.2) is 42.5 Å². The van der Waals surface area contributed by atoms with Crippen LogP contribution in [0.25, 0.3) is 10.2 Å². The van der Waals surface area contributed by atoms with Gasteiger partial charge < -0.3 is 10.1 Å². The van der Waals surface area contributed by atoms with Crippen LogP contribution in [0, 0.1) is 0 Å². The molecule has 1 amide bonds. The second-order valence-corrected chi connectivity index (χ2v) is 8.05. The van der Waals surface area contributed by atoms with Crippen molar-refractivity contribution in [1.29, 1.82) is 0 Å².